The molecule has 2 rings (SSSR count). The van der Waals surface area contributed by atoms with Crippen LogP contribution in [0.3, 0.4) is 0 Å². The molecule has 1 N–H and O–H groups in total. The van der Waals surface area contributed by atoms with E-state index in [1.165, 1.54) is 4.90 Å². The van der Waals surface area contributed by atoms with Gasteiger partial charge in [0, 0.05) is 30.4 Å². The number of ether oxygens (including phenoxy) is 1. The summed E-state index contributed by atoms with van der Waals surface area (Å²) in [6.45, 7) is 3.40. The van der Waals surface area contributed by atoms with Gasteiger partial charge in [0.2, 0.25) is 0 Å². The lowest BCUT2D eigenvalue weighted by Gasteiger charge is -2.31. The third kappa shape index (κ3) is 5.19. The average molecular weight is 362 g/mol. The summed E-state index contributed by atoms with van der Waals surface area (Å²) in [6.07, 6.45) is 3.87. The number of hydrogen-bond donors (Lipinski definition) is 1. The number of hydrogen-bond acceptors (Lipinski definition) is 4. The van der Waals surface area contributed by atoms with Crippen molar-refractivity contribution < 1.29 is 4.74 Å². The Balaban J connectivity index is 2.15. The molecule has 128 valence electrons. The molecule has 1 atom stereocenters. The van der Waals surface area contributed by atoms with Gasteiger partial charge in [-0.15, -0.1) is 11.8 Å². The van der Waals surface area contributed by atoms with E-state index in [-0.39, 0.29) is 6.04 Å². The Morgan fingerprint density at radius 2 is 2.17 bits per heavy atom. The maximum atomic E-state index is 5.65. The van der Waals surface area contributed by atoms with Crippen LogP contribution in [0, 0.1) is 0 Å². The highest BCUT2D eigenvalue weighted by Crippen LogP contribution is 2.22. The summed E-state index contributed by atoms with van der Waals surface area (Å²) in [4.78, 5) is 7.75. The molecule has 0 bridgehead atoms. The first-order valence-corrected chi connectivity index (χ1v) is 9.40. The topological polar surface area (TPSA) is 37.4 Å². The van der Waals surface area contributed by atoms with Crippen LogP contribution < -0.4 is 5.32 Å². The van der Waals surface area contributed by atoms with E-state index in [9.17, 15) is 0 Å². The van der Waals surface area contributed by atoms with Crippen molar-refractivity contribution in [3.63, 3.8) is 0 Å². The van der Waals surface area contributed by atoms with Crippen molar-refractivity contribution >= 4 is 34.8 Å². The summed E-state index contributed by atoms with van der Waals surface area (Å²) in [5.74, 6) is 0. The van der Waals surface area contributed by atoms with Crippen LogP contribution in [0.25, 0.3) is 0 Å². The summed E-state index contributed by atoms with van der Waals surface area (Å²) >= 11 is 7.36. The van der Waals surface area contributed by atoms with E-state index in [4.69, 9.17) is 17.0 Å². The zero-order valence-electron chi connectivity index (χ0n) is 14.2. The van der Waals surface area contributed by atoms with Crippen LogP contribution in [0.5, 0.6) is 0 Å². The minimum Gasteiger partial charge on any atom is -0.383 e. The van der Waals surface area contributed by atoms with Gasteiger partial charge in [0.25, 0.3) is 0 Å². The van der Waals surface area contributed by atoms with Crippen LogP contribution in [0.4, 0.5) is 5.69 Å². The fourth-order valence-corrected chi connectivity index (χ4v) is 3.17. The lowest BCUT2D eigenvalue weighted by atomic mass is 10.2. The van der Waals surface area contributed by atoms with Crippen LogP contribution in [0.1, 0.15) is 18.7 Å². The summed E-state index contributed by atoms with van der Waals surface area (Å²) in [5.41, 5.74) is 1.97. The summed E-state index contributed by atoms with van der Waals surface area (Å²) < 4.78 is 5.24. The van der Waals surface area contributed by atoms with Gasteiger partial charge in [-0.2, -0.15) is 0 Å². The Labute approximate surface area is 153 Å². The van der Waals surface area contributed by atoms with Crippen molar-refractivity contribution in [3.05, 3.63) is 54.4 Å². The van der Waals surface area contributed by atoms with Crippen LogP contribution in [0.2, 0.25) is 0 Å². The molecule has 0 saturated carbocycles. The van der Waals surface area contributed by atoms with E-state index in [1.54, 1.807) is 25.1 Å². The van der Waals surface area contributed by atoms with Gasteiger partial charge >= 0.3 is 0 Å². The Hall–Kier alpha value is -1.63. The maximum absolute atomic E-state index is 5.65. The van der Waals surface area contributed by atoms with Crippen molar-refractivity contribution in [1.82, 2.24) is 9.88 Å². The minimum absolute atomic E-state index is 0.0603. The van der Waals surface area contributed by atoms with E-state index in [0.717, 1.165) is 11.4 Å². The smallest absolute Gasteiger partial charge is 0.174 e. The molecule has 0 radical (unpaired) electrons. The van der Waals surface area contributed by atoms with Gasteiger partial charge in [-0.1, -0.05) is 12.1 Å². The molecule has 0 aliphatic rings. The Morgan fingerprint density at radius 1 is 1.33 bits per heavy atom. The number of nitrogens with one attached hydrogen (secondary N) is 1. The largest absolute Gasteiger partial charge is 0.383 e. The van der Waals surface area contributed by atoms with Crippen LogP contribution in [0.15, 0.2) is 53.6 Å². The normalized spacial score (nSPS) is 11.8. The van der Waals surface area contributed by atoms with E-state index in [2.05, 4.69) is 40.5 Å². The Morgan fingerprint density at radius 3 is 2.83 bits per heavy atom. The molecule has 6 heteroatoms. The fraction of sp³-hybridized carbons (Fsp3) is 0.333. The summed E-state index contributed by atoms with van der Waals surface area (Å²) in [6, 6.07) is 14.2. The maximum Gasteiger partial charge on any atom is 0.174 e. The standard InChI is InChI=1S/C18H23N3OS2/c1-14(17-9-4-5-10-19-17)21(11-12-22-2)18(23)20-15-7-6-8-16(13-15)24-3/h4-10,13-14H,11-12H2,1-3H3,(H,20,23). The van der Waals surface area contributed by atoms with Gasteiger partial charge in [0.05, 0.1) is 18.3 Å². The van der Waals surface area contributed by atoms with Crippen LogP contribution in [-0.4, -0.2) is 41.5 Å². The van der Waals surface area contributed by atoms with Crippen LogP contribution >= 0.6 is 24.0 Å². The highest BCUT2D eigenvalue weighted by molar-refractivity contribution is 7.98. The lowest BCUT2D eigenvalue weighted by molar-refractivity contribution is 0.164. The lowest BCUT2D eigenvalue weighted by Crippen LogP contribution is -2.39. The zero-order chi connectivity index (χ0) is 17.4. The molecule has 1 aromatic heterocycles. The molecule has 1 unspecified atom stereocenters. The van der Waals surface area contributed by atoms with Gasteiger partial charge < -0.3 is 15.0 Å². The fourth-order valence-electron chi connectivity index (χ4n) is 2.34. The SMILES string of the molecule is COCCN(C(=S)Nc1cccc(SC)c1)C(C)c1ccccn1. The van der Waals surface area contributed by atoms with Crippen molar-refractivity contribution in [2.24, 2.45) is 0 Å². The summed E-state index contributed by atoms with van der Waals surface area (Å²) in [5, 5.41) is 4.01. The number of rotatable bonds is 7. The van der Waals surface area contributed by atoms with E-state index < -0.39 is 0 Å². The molecule has 1 aromatic carbocycles. The highest BCUT2D eigenvalue weighted by atomic mass is 32.2. The second kappa shape index (κ2) is 9.61. The van der Waals surface area contributed by atoms with Crippen LogP contribution in [-0.2, 0) is 4.74 Å². The number of thiocarbonyl (C=S) groups is 1. The molecule has 1 heterocycles. The highest BCUT2D eigenvalue weighted by Gasteiger charge is 2.19. The number of pyridine rings is 1. The van der Waals surface area contributed by atoms with Gasteiger partial charge in [0.15, 0.2) is 5.11 Å². The summed E-state index contributed by atoms with van der Waals surface area (Å²) in [7, 11) is 1.70. The first kappa shape index (κ1) is 18.7. The molecule has 0 spiro atoms. The zero-order valence-corrected chi connectivity index (χ0v) is 15.9. The number of nitrogens with zero attached hydrogens (tertiary/aromatic N) is 2. The van der Waals surface area contributed by atoms with E-state index in [1.807, 2.05) is 30.3 Å². The Bertz CT molecular complexity index is 652. The molecule has 4 nitrogen and oxygen atoms in total. The van der Waals surface area contributed by atoms with Gasteiger partial charge in [-0.3, -0.25) is 4.98 Å². The number of anilines is 1. The molecule has 0 fully saturated rings. The minimum atomic E-state index is 0.0603. The third-order valence-electron chi connectivity index (χ3n) is 3.70. The van der Waals surface area contributed by atoms with Gasteiger partial charge in [-0.05, 0) is 55.7 Å². The molecular weight excluding hydrogens is 338 g/mol. The quantitative estimate of drug-likeness (QED) is 0.588. The molecule has 0 amide bonds. The molecule has 2 aromatic rings. The predicted molar refractivity (Wildman–Crippen MR) is 106 cm³/mol. The molecule has 24 heavy (non-hydrogen) atoms. The first-order valence-electron chi connectivity index (χ1n) is 7.77. The number of benzene rings is 1. The second-order valence-corrected chi connectivity index (χ2v) is 6.55. The third-order valence-corrected chi connectivity index (χ3v) is 4.76. The van der Waals surface area contributed by atoms with Crippen molar-refractivity contribution in [2.45, 2.75) is 17.9 Å². The van der Waals surface area contributed by atoms with Gasteiger partial charge in [0.1, 0.15) is 0 Å². The second-order valence-electron chi connectivity index (χ2n) is 5.28. The number of thioether (sulfide) groups is 1. The predicted octanol–water partition coefficient (Wildman–Crippen LogP) is 4.21. The first-order chi connectivity index (χ1) is 11.7. The number of methoxy groups -OCH3 is 1. The molecule has 0 aliphatic heterocycles. The van der Waals surface area contributed by atoms with Crippen molar-refractivity contribution in [3.8, 4) is 0 Å². The molecule has 0 aliphatic carbocycles. The molecule has 0 saturated heterocycles. The number of aromatic nitrogens is 1. The monoisotopic (exact) mass is 361 g/mol. The Kier molecular flexibility index (Phi) is 7.49. The molecular formula is C18H23N3OS2. The van der Waals surface area contributed by atoms with E-state index in [0.29, 0.717) is 18.3 Å². The average Bonchev–Trinajstić information content (AvgIpc) is 2.62. The van der Waals surface area contributed by atoms with Crippen molar-refractivity contribution in [2.75, 3.05) is 31.8 Å². The van der Waals surface area contributed by atoms with Gasteiger partial charge in [-0.25, -0.2) is 0 Å². The van der Waals surface area contributed by atoms with E-state index >= 15 is 0 Å². The van der Waals surface area contributed by atoms with Crippen molar-refractivity contribution in [1.29, 1.82) is 0 Å².